The summed E-state index contributed by atoms with van der Waals surface area (Å²) in [4.78, 5) is 12.6. The van der Waals surface area contributed by atoms with E-state index in [1.807, 2.05) is 48.9 Å². The van der Waals surface area contributed by atoms with E-state index in [-0.39, 0.29) is 5.91 Å². The summed E-state index contributed by atoms with van der Waals surface area (Å²) < 4.78 is 1.90. The number of anilines is 1. The summed E-state index contributed by atoms with van der Waals surface area (Å²) in [6.07, 6.45) is 5.40. The quantitative estimate of drug-likeness (QED) is 0.899. The molecule has 0 spiro atoms. The lowest BCUT2D eigenvalue weighted by atomic mass is 9.89. The predicted octanol–water partition coefficient (Wildman–Crippen LogP) is 3.35. The number of piperidine rings is 1. The molecule has 25 heavy (non-hydrogen) atoms. The average Bonchev–Trinajstić information content (AvgIpc) is 3.09. The van der Waals surface area contributed by atoms with E-state index in [2.05, 4.69) is 15.7 Å². The van der Waals surface area contributed by atoms with E-state index in [0.29, 0.717) is 24.4 Å². The molecule has 2 aliphatic heterocycles. The molecule has 5 nitrogen and oxygen atoms in total. The van der Waals surface area contributed by atoms with Crippen molar-refractivity contribution < 1.29 is 4.79 Å². The molecule has 0 aliphatic carbocycles. The molecular weight excluding hydrogens is 312 g/mol. The summed E-state index contributed by atoms with van der Waals surface area (Å²) in [7, 11) is 0. The third kappa shape index (κ3) is 3.47. The maximum atomic E-state index is 12.6. The molecule has 1 aromatic heterocycles. The monoisotopic (exact) mass is 338 g/mol. The van der Waals surface area contributed by atoms with Gasteiger partial charge < -0.3 is 10.6 Å². The van der Waals surface area contributed by atoms with Gasteiger partial charge in [0.1, 0.15) is 0 Å². The van der Waals surface area contributed by atoms with Gasteiger partial charge in [-0.15, -0.1) is 0 Å². The normalized spacial score (nSPS) is 25.1. The fourth-order valence-electron chi connectivity index (χ4n) is 4.44. The lowest BCUT2D eigenvalue weighted by molar-refractivity contribution is -0.117. The average molecular weight is 338 g/mol. The Morgan fingerprint density at radius 1 is 1.24 bits per heavy atom. The summed E-state index contributed by atoms with van der Waals surface area (Å²) in [6.45, 7) is 4.01. The van der Waals surface area contributed by atoms with Crippen LogP contribution in [0.2, 0.25) is 0 Å². The van der Waals surface area contributed by atoms with Crippen LogP contribution in [-0.4, -0.2) is 27.8 Å². The van der Waals surface area contributed by atoms with Crippen molar-refractivity contribution in [1.29, 1.82) is 0 Å². The van der Waals surface area contributed by atoms with Crippen molar-refractivity contribution >= 4 is 11.6 Å². The lowest BCUT2D eigenvalue weighted by Crippen LogP contribution is -2.39. The van der Waals surface area contributed by atoms with Crippen LogP contribution >= 0.6 is 0 Å². The minimum atomic E-state index is 0.111. The Labute approximate surface area is 148 Å². The standard InChI is InChI=1S/C20H26N4O/c1-13-9-14(2)24(23-13)19-6-4-3-5-18(19)22-20(25)12-15-10-16-7-8-17(11-15)21-16/h3-6,9,15-17,21H,7-8,10-12H2,1-2H3,(H,22,25). The van der Waals surface area contributed by atoms with E-state index in [4.69, 9.17) is 0 Å². The lowest BCUT2D eigenvalue weighted by Gasteiger charge is -2.28. The molecule has 2 fully saturated rings. The van der Waals surface area contributed by atoms with Gasteiger partial charge in [-0.2, -0.15) is 5.10 Å². The first-order valence-electron chi connectivity index (χ1n) is 9.27. The maximum Gasteiger partial charge on any atom is 0.224 e. The van der Waals surface area contributed by atoms with Crippen molar-refractivity contribution in [3.63, 3.8) is 0 Å². The fourth-order valence-corrected chi connectivity index (χ4v) is 4.44. The molecule has 5 heteroatoms. The number of aromatic nitrogens is 2. The molecule has 0 radical (unpaired) electrons. The van der Waals surface area contributed by atoms with Crippen molar-refractivity contribution in [2.75, 3.05) is 5.32 Å². The van der Waals surface area contributed by atoms with Crippen LogP contribution in [0.4, 0.5) is 5.69 Å². The van der Waals surface area contributed by atoms with Crippen molar-refractivity contribution in [2.24, 2.45) is 5.92 Å². The molecule has 1 aromatic carbocycles. The number of carbonyl (C=O) groups is 1. The molecule has 2 atom stereocenters. The van der Waals surface area contributed by atoms with Gasteiger partial charge in [-0.1, -0.05) is 12.1 Å². The molecule has 2 aromatic rings. The number of nitrogens with one attached hydrogen (secondary N) is 2. The highest BCUT2D eigenvalue weighted by Crippen LogP contribution is 2.33. The number of hydrogen-bond donors (Lipinski definition) is 2. The smallest absolute Gasteiger partial charge is 0.224 e. The molecule has 4 rings (SSSR count). The second-order valence-electron chi connectivity index (χ2n) is 7.58. The highest BCUT2D eigenvalue weighted by Gasteiger charge is 2.34. The Balaban J connectivity index is 1.47. The summed E-state index contributed by atoms with van der Waals surface area (Å²) in [5.74, 6) is 0.611. The van der Waals surface area contributed by atoms with Crippen LogP contribution in [0.15, 0.2) is 30.3 Å². The number of rotatable bonds is 4. The third-order valence-electron chi connectivity index (χ3n) is 5.46. The Morgan fingerprint density at radius 3 is 2.64 bits per heavy atom. The largest absolute Gasteiger partial charge is 0.324 e. The highest BCUT2D eigenvalue weighted by atomic mass is 16.1. The topological polar surface area (TPSA) is 59.0 Å². The van der Waals surface area contributed by atoms with E-state index in [1.54, 1.807) is 0 Å². The van der Waals surface area contributed by atoms with Crippen molar-refractivity contribution in [1.82, 2.24) is 15.1 Å². The Morgan fingerprint density at radius 2 is 1.96 bits per heavy atom. The van der Waals surface area contributed by atoms with E-state index in [9.17, 15) is 4.79 Å². The number of nitrogens with zero attached hydrogens (tertiary/aromatic N) is 2. The molecule has 1 amide bonds. The highest BCUT2D eigenvalue weighted by molar-refractivity contribution is 5.93. The van der Waals surface area contributed by atoms with E-state index in [1.165, 1.54) is 12.8 Å². The summed E-state index contributed by atoms with van der Waals surface area (Å²) in [5, 5.41) is 11.3. The van der Waals surface area contributed by atoms with Crippen molar-refractivity contribution in [2.45, 2.75) is 58.0 Å². The zero-order valence-electron chi connectivity index (χ0n) is 15.0. The molecule has 2 N–H and O–H groups in total. The second kappa shape index (κ2) is 6.64. The van der Waals surface area contributed by atoms with Gasteiger partial charge in [-0.25, -0.2) is 4.68 Å². The Hall–Kier alpha value is -2.14. The summed E-state index contributed by atoms with van der Waals surface area (Å²) >= 11 is 0. The van der Waals surface area contributed by atoms with E-state index >= 15 is 0 Å². The third-order valence-corrected chi connectivity index (χ3v) is 5.46. The van der Waals surface area contributed by atoms with Gasteiger partial charge in [0.15, 0.2) is 0 Å². The zero-order valence-corrected chi connectivity index (χ0v) is 15.0. The van der Waals surface area contributed by atoms with Crippen molar-refractivity contribution in [3.05, 3.63) is 41.7 Å². The first kappa shape index (κ1) is 16.3. The van der Waals surface area contributed by atoms with Gasteiger partial charge in [-0.05, 0) is 63.6 Å². The number of carbonyl (C=O) groups excluding carboxylic acids is 1. The Kier molecular flexibility index (Phi) is 4.34. The fraction of sp³-hybridized carbons (Fsp3) is 0.500. The maximum absolute atomic E-state index is 12.6. The van der Waals surface area contributed by atoms with Gasteiger partial charge in [-0.3, -0.25) is 4.79 Å². The van der Waals surface area contributed by atoms with E-state index in [0.717, 1.165) is 35.6 Å². The number of fused-ring (bicyclic) bond motifs is 2. The van der Waals surface area contributed by atoms with Crippen LogP contribution in [0.25, 0.3) is 5.69 Å². The van der Waals surface area contributed by atoms with Gasteiger partial charge in [0.05, 0.1) is 17.1 Å². The zero-order chi connectivity index (χ0) is 17.4. The molecular formula is C20H26N4O. The van der Waals surface area contributed by atoms with Crippen LogP contribution in [-0.2, 0) is 4.79 Å². The molecule has 0 saturated carbocycles. The minimum Gasteiger partial charge on any atom is -0.324 e. The molecule has 2 saturated heterocycles. The van der Waals surface area contributed by atoms with Crippen LogP contribution in [0.5, 0.6) is 0 Å². The minimum absolute atomic E-state index is 0.111. The number of hydrogen-bond acceptors (Lipinski definition) is 3. The summed E-state index contributed by atoms with van der Waals surface area (Å²) in [6, 6.07) is 11.2. The molecule has 132 valence electrons. The van der Waals surface area contributed by atoms with Gasteiger partial charge in [0.2, 0.25) is 5.91 Å². The second-order valence-corrected chi connectivity index (χ2v) is 7.58. The number of aryl methyl sites for hydroxylation is 2. The molecule has 2 unspecified atom stereocenters. The number of benzene rings is 1. The SMILES string of the molecule is Cc1cc(C)n(-c2ccccc2NC(=O)CC2CC3CCC(C2)N3)n1. The predicted molar refractivity (Wildman–Crippen MR) is 99.0 cm³/mol. The first-order chi connectivity index (χ1) is 12.1. The van der Waals surface area contributed by atoms with Crippen LogP contribution in [0.3, 0.4) is 0 Å². The van der Waals surface area contributed by atoms with Gasteiger partial charge in [0, 0.05) is 24.2 Å². The first-order valence-corrected chi connectivity index (χ1v) is 9.27. The number of amides is 1. The van der Waals surface area contributed by atoms with Crippen LogP contribution in [0, 0.1) is 19.8 Å². The molecule has 2 bridgehead atoms. The molecule has 3 heterocycles. The number of para-hydroxylation sites is 2. The summed E-state index contributed by atoms with van der Waals surface area (Å²) in [5.41, 5.74) is 3.79. The van der Waals surface area contributed by atoms with Gasteiger partial charge in [0.25, 0.3) is 0 Å². The Bertz CT molecular complexity index is 770. The molecule has 2 aliphatic rings. The van der Waals surface area contributed by atoms with Crippen LogP contribution in [0.1, 0.15) is 43.5 Å². The van der Waals surface area contributed by atoms with E-state index < -0.39 is 0 Å². The van der Waals surface area contributed by atoms with Crippen molar-refractivity contribution in [3.8, 4) is 5.69 Å². The van der Waals surface area contributed by atoms with Crippen LogP contribution < -0.4 is 10.6 Å². The van der Waals surface area contributed by atoms with Gasteiger partial charge >= 0.3 is 0 Å².